The van der Waals surface area contributed by atoms with Gasteiger partial charge in [0, 0.05) is 12.5 Å². The maximum atomic E-state index is 10.8. The number of hydrogen-bond acceptors (Lipinski definition) is 2. The van der Waals surface area contributed by atoms with E-state index in [9.17, 15) is 4.79 Å². The Labute approximate surface area is 145 Å². The molecule has 3 nitrogen and oxygen atoms in total. The summed E-state index contributed by atoms with van der Waals surface area (Å²) in [5.74, 6) is -0.217. The van der Waals surface area contributed by atoms with Crippen LogP contribution in [0.1, 0.15) is 110 Å². The average Bonchev–Trinajstić information content (AvgIpc) is 2.50. The van der Waals surface area contributed by atoms with E-state index in [2.05, 4.69) is 12.2 Å². The SMILES string of the molecule is CCCCCCCCCCCCCCCCNC(C)CC(N)=O. The number of primary amides is 1. The van der Waals surface area contributed by atoms with Crippen molar-refractivity contribution in [3.05, 3.63) is 0 Å². The first-order valence-corrected chi connectivity index (χ1v) is 10.2. The van der Waals surface area contributed by atoms with Crippen molar-refractivity contribution in [3.8, 4) is 0 Å². The Kier molecular flexibility index (Phi) is 17.3. The van der Waals surface area contributed by atoms with Crippen molar-refractivity contribution < 1.29 is 4.79 Å². The van der Waals surface area contributed by atoms with Crippen molar-refractivity contribution in [3.63, 3.8) is 0 Å². The van der Waals surface area contributed by atoms with Crippen LogP contribution < -0.4 is 11.1 Å². The molecule has 0 fully saturated rings. The van der Waals surface area contributed by atoms with Crippen LogP contribution in [0.2, 0.25) is 0 Å². The lowest BCUT2D eigenvalue weighted by Crippen LogP contribution is -2.31. The molecule has 0 spiro atoms. The monoisotopic (exact) mass is 326 g/mol. The van der Waals surface area contributed by atoms with Gasteiger partial charge < -0.3 is 11.1 Å². The summed E-state index contributed by atoms with van der Waals surface area (Å²) in [5, 5.41) is 3.36. The molecule has 3 N–H and O–H groups in total. The van der Waals surface area contributed by atoms with Gasteiger partial charge >= 0.3 is 0 Å². The van der Waals surface area contributed by atoms with E-state index in [1.54, 1.807) is 0 Å². The maximum absolute atomic E-state index is 10.8. The van der Waals surface area contributed by atoms with Crippen LogP contribution in [0.3, 0.4) is 0 Å². The van der Waals surface area contributed by atoms with Crippen LogP contribution >= 0.6 is 0 Å². The average molecular weight is 327 g/mol. The van der Waals surface area contributed by atoms with Gasteiger partial charge in [-0.1, -0.05) is 90.4 Å². The number of carbonyl (C=O) groups is 1. The Bertz CT molecular complexity index is 256. The molecule has 0 aromatic rings. The molecule has 3 heteroatoms. The molecule has 0 aromatic heterocycles. The Morgan fingerprint density at radius 2 is 1.17 bits per heavy atom. The van der Waals surface area contributed by atoms with E-state index < -0.39 is 0 Å². The van der Waals surface area contributed by atoms with Gasteiger partial charge in [0.25, 0.3) is 0 Å². The molecular formula is C20H42N2O. The molecule has 0 aromatic carbocycles. The van der Waals surface area contributed by atoms with E-state index in [0.717, 1.165) is 6.54 Å². The summed E-state index contributed by atoms with van der Waals surface area (Å²) < 4.78 is 0. The fraction of sp³-hybridized carbons (Fsp3) is 0.950. The Hall–Kier alpha value is -0.570. The van der Waals surface area contributed by atoms with Crippen molar-refractivity contribution in [2.75, 3.05) is 6.54 Å². The summed E-state index contributed by atoms with van der Waals surface area (Å²) in [4.78, 5) is 10.8. The lowest BCUT2D eigenvalue weighted by molar-refractivity contribution is -0.118. The molecule has 0 heterocycles. The second-order valence-electron chi connectivity index (χ2n) is 7.12. The highest BCUT2D eigenvalue weighted by atomic mass is 16.1. The molecule has 0 bridgehead atoms. The lowest BCUT2D eigenvalue weighted by Gasteiger charge is -2.11. The molecule has 1 amide bonds. The van der Waals surface area contributed by atoms with Crippen molar-refractivity contribution in [2.24, 2.45) is 5.73 Å². The summed E-state index contributed by atoms with van der Waals surface area (Å²) in [6, 6.07) is 0.217. The predicted molar refractivity (Wildman–Crippen MR) is 102 cm³/mol. The van der Waals surface area contributed by atoms with E-state index in [1.807, 2.05) is 6.92 Å². The highest BCUT2D eigenvalue weighted by molar-refractivity contribution is 5.74. The number of nitrogens with one attached hydrogen (secondary N) is 1. The molecule has 0 radical (unpaired) electrons. The van der Waals surface area contributed by atoms with Gasteiger partial charge in [-0.25, -0.2) is 0 Å². The fourth-order valence-corrected chi connectivity index (χ4v) is 3.04. The zero-order valence-electron chi connectivity index (χ0n) is 15.9. The van der Waals surface area contributed by atoms with E-state index in [-0.39, 0.29) is 11.9 Å². The van der Waals surface area contributed by atoms with Crippen LogP contribution in [0.15, 0.2) is 0 Å². The lowest BCUT2D eigenvalue weighted by atomic mass is 10.0. The molecule has 0 saturated heterocycles. The number of rotatable bonds is 18. The first kappa shape index (κ1) is 22.4. The summed E-state index contributed by atoms with van der Waals surface area (Å²) >= 11 is 0. The van der Waals surface area contributed by atoms with Gasteiger partial charge in [0.1, 0.15) is 0 Å². The number of amides is 1. The second kappa shape index (κ2) is 17.8. The predicted octanol–water partition coefficient (Wildman–Crippen LogP) is 5.32. The second-order valence-corrected chi connectivity index (χ2v) is 7.12. The summed E-state index contributed by atoms with van der Waals surface area (Å²) in [7, 11) is 0. The Balaban J connectivity index is 3.06. The van der Waals surface area contributed by atoms with E-state index in [0.29, 0.717) is 6.42 Å². The molecule has 0 saturated carbocycles. The summed E-state index contributed by atoms with van der Waals surface area (Å²) in [6.45, 7) is 5.31. The molecular weight excluding hydrogens is 284 g/mol. The molecule has 0 rings (SSSR count). The molecule has 23 heavy (non-hydrogen) atoms. The summed E-state index contributed by atoms with van der Waals surface area (Å²) in [5.41, 5.74) is 5.17. The number of hydrogen-bond donors (Lipinski definition) is 2. The van der Waals surface area contributed by atoms with Gasteiger partial charge in [0.15, 0.2) is 0 Å². The number of nitrogens with two attached hydrogens (primary N) is 1. The third-order valence-corrected chi connectivity index (χ3v) is 4.53. The number of carbonyl (C=O) groups excluding carboxylic acids is 1. The van der Waals surface area contributed by atoms with Crippen LogP contribution in [0, 0.1) is 0 Å². The molecule has 0 aliphatic carbocycles. The van der Waals surface area contributed by atoms with Gasteiger partial charge in [-0.05, 0) is 19.9 Å². The van der Waals surface area contributed by atoms with Crippen LogP contribution in [-0.2, 0) is 4.79 Å². The van der Waals surface area contributed by atoms with Crippen molar-refractivity contribution in [1.82, 2.24) is 5.32 Å². The highest BCUT2D eigenvalue weighted by Gasteiger charge is 2.03. The van der Waals surface area contributed by atoms with Gasteiger partial charge in [0.05, 0.1) is 0 Å². The van der Waals surface area contributed by atoms with Crippen LogP contribution in [0.25, 0.3) is 0 Å². The maximum Gasteiger partial charge on any atom is 0.218 e. The molecule has 1 unspecified atom stereocenters. The van der Waals surface area contributed by atoms with Crippen LogP contribution in [0.5, 0.6) is 0 Å². The minimum absolute atomic E-state index is 0.217. The smallest absolute Gasteiger partial charge is 0.218 e. The van der Waals surface area contributed by atoms with E-state index >= 15 is 0 Å². The number of unbranched alkanes of at least 4 members (excludes halogenated alkanes) is 13. The van der Waals surface area contributed by atoms with Crippen molar-refractivity contribution >= 4 is 5.91 Å². The fourth-order valence-electron chi connectivity index (χ4n) is 3.04. The minimum atomic E-state index is -0.217. The van der Waals surface area contributed by atoms with Gasteiger partial charge in [-0.3, -0.25) is 4.79 Å². The normalized spacial score (nSPS) is 12.4. The molecule has 138 valence electrons. The van der Waals surface area contributed by atoms with E-state index in [4.69, 9.17) is 5.73 Å². The Morgan fingerprint density at radius 3 is 1.57 bits per heavy atom. The highest BCUT2D eigenvalue weighted by Crippen LogP contribution is 2.12. The van der Waals surface area contributed by atoms with E-state index in [1.165, 1.54) is 89.9 Å². The van der Waals surface area contributed by atoms with Crippen LogP contribution in [-0.4, -0.2) is 18.5 Å². The van der Waals surface area contributed by atoms with Crippen LogP contribution in [0.4, 0.5) is 0 Å². The first-order valence-electron chi connectivity index (χ1n) is 10.2. The largest absolute Gasteiger partial charge is 0.370 e. The van der Waals surface area contributed by atoms with Gasteiger partial charge in [-0.15, -0.1) is 0 Å². The van der Waals surface area contributed by atoms with Gasteiger partial charge in [0.2, 0.25) is 5.91 Å². The zero-order valence-corrected chi connectivity index (χ0v) is 15.9. The van der Waals surface area contributed by atoms with Gasteiger partial charge in [-0.2, -0.15) is 0 Å². The molecule has 0 aliphatic heterocycles. The third kappa shape index (κ3) is 19.4. The quantitative estimate of drug-likeness (QED) is 0.335. The molecule has 0 aliphatic rings. The first-order chi connectivity index (χ1) is 11.2. The third-order valence-electron chi connectivity index (χ3n) is 4.53. The zero-order chi connectivity index (χ0) is 17.2. The Morgan fingerprint density at radius 1 is 0.783 bits per heavy atom. The molecule has 1 atom stereocenters. The minimum Gasteiger partial charge on any atom is -0.370 e. The van der Waals surface area contributed by atoms with Crippen molar-refractivity contribution in [1.29, 1.82) is 0 Å². The topological polar surface area (TPSA) is 55.1 Å². The standard InChI is InChI=1S/C20H42N2O/c1-3-4-5-6-7-8-9-10-11-12-13-14-15-16-17-22-19(2)18-20(21)23/h19,22H,3-18H2,1-2H3,(H2,21,23). The van der Waals surface area contributed by atoms with Crippen molar-refractivity contribution in [2.45, 2.75) is 116 Å². The summed E-state index contributed by atoms with van der Waals surface area (Å²) in [6.07, 6.45) is 19.9.